The number of nitrogens with one attached hydrogen (secondary N) is 1. The molecule has 0 saturated heterocycles. The number of aliphatic imine (C=N–C) groups is 1. The van der Waals surface area contributed by atoms with Crippen LogP contribution >= 0.6 is 24.0 Å². The summed E-state index contributed by atoms with van der Waals surface area (Å²) in [5, 5.41) is 3.20. The molecule has 7 nitrogen and oxygen atoms in total. The standard InChI is InChI=1S/C19H30N4O3.HI/c1-6-20-19(22(4)14-17(24)23(7-2)8-3)21-13-15-9-11-16(12-10-15)18(25)26-5;/h9-12H,6-8,13-14H2,1-5H3,(H,20,21);1H. The van der Waals surface area contributed by atoms with Crippen LogP contribution in [0.5, 0.6) is 0 Å². The minimum absolute atomic E-state index is 0. The van der Waals surface area contributed by atoms with E-state index in [0.29, 0.717) is 37.7 Å². The summed E-state index contributed by atoms with van der Waals surface area (Å²) in [6.45, 7) is 8.76. The van der Waals surface area contributed by atoms with Gasteiger partial charge in [0.15, 0.2) is 5.96 Å². The van der Waals surface area contributed by atoms with Gasteiger partial charge in [-0.1, -0.05) is 12.1 Å². The molecule has 0 fully saturated rings. The first kappa shape index (κ1) is 25.2. The smallest absolute Gasteiger partial charge is 0.337 e. The second-order valence-electron chi connectivity index (χ2n) is 5.78. The molecule has 0 aliphatic rings. The van der Waals surface area contributed by atoms with Crippen molar-refractivity contribution < 1.29 is 14.3 Å². The Morgan fingerprint density at radius 2 is 1.70 bits per heavy atom. The molecular weight excluding hydrogens is 459 g/mol. The number of hydrogen-bond acceptors (Lipinski definition) is 4. The summed E-state index contributed by atoms with van der Waals surface area (Å²) in [4.78, 5) is 32.0. The number of rotatable bonds is 8. The highest BCUT2D eigenvalue weighted by molar-refractivity contribution is 14.0. The van der Waals surface area contributed by atoms with Crippen molar-refractivity contribution in [3.05, 3.63) is 35.4 Å². The predicted molar refractivity (Wildman–Crippen MR) is 119 cm³/mol. The number of carbonyl (C=O) groups excluding carboxylic acids is 2. The van der Waals surface area contributed by atoms with Gasteiger partial charge in [-0.15, -0.1) is 24.0 Å². The van der Waals surface area contributed by atoms with Gasteiger partial charge >= 0.3 is 5.97 Å². The molecule has 0 bridgehead atoms. The van der Waals surface area contributed by atoms with Crippen LogP contribution in [0.25, 0.3) is 0 Å². The molecule has 0 unspecified atom stereocenters. The lowest BCUT2D eigenvalue weighted by atomic mass is 10.1. The molecule has 8 heteroatoms. The van der Waals surface area contributed by atoms with Crippen LogP contribution in [0.15, 0.2) is 29.3 Å². The molecule has 1 rings (SSSR count). The third-order valence-corrected chi connectivity index (χ3v) is 3.97. The first-order chi connectivity index (χ1) is 12.5. The molecule has 0 heterocycles. The van der Waals surface area contributed by atoms with E-state index in [2.05, 4.69) is 10.3 Å². The molecule has 1 N–H and O–H groups in total. The molecule has 0 aliphatic heterocycles. The predicted octanol–water partition coefficient (Wildman–Crippen LogP) is 2.36. The van der Waals surface area contributed by atoms with Gasteiger partial charge in [-0.3, -0.25) is 4.79 Å². The molecular formula is C19H31IN4O3. The van der Waals surface area contributed by atoms with Crippen LogP contribution in [0.3, 0.4) is 0 Å². The number of methoxy groups -OCH3 is 1. The van der Waals surface area contributed by atoms with Crippen molar-refractivity contribution >= 4 is 41.8 Å². The van der Waals surface area contributed by atoms with Gasteiger partial charge in [0.05, 0.1) is 25.8 Å². The monoisotopic (exact) mass is 490 g/mol. The zero-order valence-electron chi connectivity index (χ0n) is 16.8. The van der Waals surface area contributed by atoms with E-state index in [0.717, 1.165) is 5.56 Å². The van der Waals surface area contributed by atoms with Crippen LogP contribution in [0.2, 0.25) is 0 Å². The highest BCUT2D eigenvalue weighted by Gasteiger charge is 2.15. The number of guanidine groups is 1. The van der Waals surface area contributed by atoms with E-state index in [1.807, 2.05) is 44.9 Å². The van der Waals surface area contributed by atoms with Crippen LogP contribution < -0.4 is 5.32 Å². The fourth-order valence-electron chi connectivity index (χ4n) is 2.45. The molecule has 152 valence electrons. The van der Waals surface area contributed by atoms with Crippen LogP contribution in [0.4, 0.5) is 0 Å². The molecule has 0 saturated carbocycles. The SMILES string of the molecule is CCNC(=NCc1ccc(C(=O)OC)cc1)N(C)CC(=O)N(CC)CC.I. The summed E-state index contributed by atoms with van der Waals surface area (Å²) in [7, 11) is 3.21. The van der Waals surface area contributed by atoms with Crippen molar-refractivity contribution in [2.75, 3.05) is 40.3 Å². The van der Waals surface area contributed by atoms with Crippen LogP contribution in [0.1, 0.15) is 36.7 Å². The second kappa shape index (κ2) is 13.3. The van der Waals surface area contributed by atoms with E-state index in [1.165, 1.54) is 7.11 Å². The fourth-order valence-corrected chi connectivity index (χ4v) is 2.45. The average molecular weight is 490 g/mol. The number of ether oxygens (including phenoxy) is 1. The van der Waals surface area contributed by atoms with Gasteiger partial charge in [-0.25, -0.2) is 9.79 Å². The molecule has 0 radical (unpaired) electrons. The molecule has 0 atom stereocenters. The minimum atomic E-state index is -0.358. The number of halogens is 1. The number of likely N-dealkylation sites (N-methyl/N-ethyl adjacent to an activating group) is 2. The lowest BCUT2D eigenvalue weighted by Gasteiger charge is -2.25. The van der Waals surface area contributed by atoms with E-state index in [-0.39, 0.29) is 42.4 Å². The highest BCUT2D eigenvalue weighted by atomic mass is 127. The number of carbonyl (C=O) groups is 2. The Bertz CT molecular complexity index is 616. The van der Waals surface area contributed by atoms with Crippen molar-refractivity contribution in [1.82, 2.24) is 15.1 Å². The van der Waals surface area contributed by atoms with Crippen LogP contribution in [-0.2, 0) is 16.1 Å². The van der Waals surface area contributed by atoms with Gasteiger partial charge in [0.1, 0.15) is 0 Å². The van der Waals surface area contributed by atoms with Gasteiger partial charge in [0.2, 0.25) is 5.91 Å². The largest absolute Gasteiger partial charge is 0.465 e. The van der Waals surface area contributed by atoms with Crippen molar-refractivity contribution in [3.63, 3.8) is 0 Å². The fraction of sp³-hybridized carbons (Fsp3) is 0.526. The summed E-state index contributed by atoms with van der Waals surface area (Å²) in [5.41, 5.74) is 1.48. The molecule has 0 spiro atoms. The lowest BCUT2D eigenvalue weighted by Crippen LogP contribution is -2.45. The van der Waals surface area contributed by atoms with Crippen molar-refractivity contribution in [3.8, 4) is 0 Å². The lowest BCUT2D eigenvalue weighted by molar-refractivity contribution is -0.131. The number of hydrogen-bond donors (Lipinski definition) is 1. The van der Waals surface area contributed by atoms with E-state index >= 15 is 0 Å². The zero-order chi connectivity index (χ0) is 19.5. The molecule has 1 amide bonds. The first-order valence-electron chi connectivity index (χ1n) is 8.91. The normalized spacial score (nSPS) is 10.6. The Morgan fingerprint density at radius 3 is 2.19 bits per heavy atom. The zero-order valence-corrected chi connectivity index (χ0v) is 19.1. The van der Waals surface area contributed by atoms with Crippen molar-refractivity contribution in [2.24, 2.45) is 4.99 Å². The Hall–Kier alpha value is -1.84. The second-order valence-corrected chi connectivity index (χ2v) is 5.78. The number of esters is 1. The molecule has 0 aromatic heterocycles. The molecule has 1 aromatic carbocycles. The number of amides is 1. The van der Waals surface area contributed by atoms with Gasteiger partial charge in [-0.2, -0.15) is 0 Å². The van der Waals surface area contributed by atoms with Gasteiger partial charge in [0.25, 0.3) is 0 Å². The van der Waals surface area contributed by atoms with Gasteiger partial charge in [-0.05, 0) is 38.5 Å². The Labute approximate surface area is 179 Å². The molecule has 1 aromatic rings. The van der Waals surface area contributed by atoms with Crippen LogP contribution in [0, 0.1) is 0 Å². The summed E-state index contributed by atoms with van der Waals surface area (Å²) in [6.07, 6.45) is 0. The maximum Gasteiger partial charge on any atom is 0.337 e. The quantitative estimate of drug-likeness (QED) is 0.262. The number of nitrogens with zero attached hydrogens (tertiary/aromatic N) is 3. The van der Waals surface area contributed by atoms with E-state index in [9.17, 15) is 9.59 Å². The third kappa shape index (κ3) is 8.15. The average Bonchev–Trinajstić information content (AvgIpc) is 2.65. The number of benzene rings is 1. The topological polar surface area (TPSA) is 74.2 Å². The Balaban J connectivity index is 0.00000676. The Morgan fingerprint density at radius 1 is 1.11 bits per heavy atom. The summed E-state index contributed by atoms with van der Waals surface area (Å²) < 4.78 is 4.69. The maximum atomic E-state index is 12.3. The molecule has 0 aliphatic carbocycles. The van der Waals surface area contributed by atoms with Crippen molar-refractivity contribution in [1.29, 1.82) is 0 Å². The highest BCUT2D eigenvalue weighted by Crippen LogP contribution is 2.07. The summed E-state index contributed by atoms with van der Waals surface area (Å²) >= 11 is 0. The Kier molecular flexibility index (Phi) is 12.4. The summed E-state index contributed by atoms with van der Waals surface area (Å²) in [6, 6.07) is 7.13. The van der Waals surface area contributed by atoms with E-state index in [4.69, 9.17) is 4.74 Å². The van der Waals surface area contributed by atoms with E-state index < -0.39 is 0 Å². The maximum absolute atomic E-state index is 12.3. The third-order valence-electron chi connectivity index (χ3n) is 3.97. The first-order valence-corrected chi connectivity index (χ1v) is 8.91. The van der Waals surface area contributed by atoms with Crippen molar-refractivity contribution in [2.45, 2.75) is 27.3 Å². The molecule has 27 heavy (non-hydrogen) atoms. The van der Waals surface area contributed by atoms with Gasteiger partial charge < -0.3 is 19.9 Å². The van der Waals surface area contributed by atoms with Gasteiger partial charge in [0, 0.05) is 26.7 Å². The summed E-state index contributed by atoms with van der Waals surface area (Å²) in [5.74, 6) is 0.388. The van der Waals surface area contributed by atoms with E-state index in [1.54, 1.807) is 17.0 Å². The minimum Gasteiger partial charge on any atom is -0.465 e. The van der Waals surface area contributed by atoms with Crippen LogP contribution in [-0.4, -0.2) is 68.0 Å².